The Kier molecular flexibility index (Phi) is 2.82. The lowest BCUT2D eigenvalue weighted by Crippen LogP contribution is -2.23. The lowest BCUT2D eigenvalue weighted by atomic mass is 10.3. The molecule has 0 radical (unpaired) electrons. The zero-order valence-corrected chi connectivity index (χ0v) is 9.01. The molecule has 1 atom stereocenters. The van der Waals surface area contributed by atoms with Gasteiger partial charge in [-0.3, -0.25) is 14.9 Å². The van der Waals surface area contributed by atoms with E-state index in [-0.39, 0.29) is 23.9 Å². The Morgan fingerprint density at radius 3 is 2.75 bits per heavy atom. The summed E-state index contributed by atoms with van der Waals surface area (Å²) in [6.07, 6.45) is 0.139. The van der Waals surface area contributed by atoms with Crippen molar-refractivity contribution < 1.29 is 14.0 Å². The van der Waals surface area contributed by atoms with Gasteiger partial charge in [0.15, 0.2) is 0 Å². The van der Waals surface area contributed by atoms with E-state index in [0.29, 0.717) is 4.90 Å². The van der Waals surface area contributed by atoms with E-state index in [4.69, 9.17) is 5.73 Å². The molecule has 0 aromatic heterocycles. The van der Waals surface area contributed by atoms with Crippen LogP contribution in [0, 0.1) is 5.82 Å². The number of imide groups is 1. The van der Waals surface area contributed by atoms with E-state index in [1.165, 1.54) is 30.0 Å². The van der Waals surface area contributed by atoms with Crippen molar-refractivity contribution in [1.82, 2.24) is 5.32 Å². The second-order valence-electron chi connectivity index (χ2n) is 3.41. The minimum Gasteiger partial charge on any atom is -0.398 e. The van der Waals surface area contributed by atoms with Crippen LogP contribution in [-0.4, -0.2) is 17.1 Å². The topological polar surface area (TPSA) is 72.2 Å². The molecule has 1 aliphatic rings. The first-order valence-electron chi connectivity index (χ1n) is 4.61. The second-order valence-corrected chi connectivity index (χ2v) is 4.65. The predicted molar refractivity (Wildman–Crippen MR) is 58.2 cm³/mol. The van der Waals surface area contributed by atoms with Crippen LogP contribution in [0.4, 0.5) is 10.1 Å². The van der Waals surface area contributed by atoms with Crippen LogP contribution < -0.4 is 11.1 Å². The van der Waals surface area contributed by atoms with Gasteiger partial charge in [0.05, 0.1) is 5.25 Å². The highest BCUT2D eigenvalue weighted by atomic mass is 32.2. The highest BCUT2D eigenvalue weighted by Crippen LogP contribution is 2.32. The third-order valence-corrected chi connectivity index (χ3v) is 3.46. The Hall–Kier alpha value is -1.56. The average molecular weight is 240 g/mol. The van der Waals surface area contributed by atoms with Crippen LogP contribution in [0.2, 0.25) is 0 Å². The molecule has 0 spiro atoms. The summed E-state index contributed by atoms with van der Waals surface area (Å²) in [7, 11) is 0. The molecule has 1 heterocycles. The van der Waals surface area contributed by atoms with Crippen LogP contribution in [0.1, 0.15) is 6.42 Å². The molecular weight excluding hydrogens is 231 g/mol. The number of carbonyl (C=O) groups excluding carboxylic acids is 2. The van der Waals surface area contributed by atoms with Crippen molar-refractivity contribution in [2.75, 3.05) is 5.73 Å². The molecule has 3 N–H and O–H groups in total. The molecule has 0 bridgehead atoms. The molecule has 1 unspecified atom stereocenters. The first-order valence-corrected chi connectivity index (χ1v) is 5.49. The molecule has 84 valence electrons. The Labute approximate surface area is 95.4 Å². The summed E-state index contributed by atoms with van der Waals surface area (Å²) in [5.74, 6) is -1.03. The lowest BCUT2D eigenvalue weighted by molar-refractivity contribution is -0.124. The third-order valence-electron chi connectivity index (χ3n) is 2.17. The summed E-state index contributed by atoms with van der Waals surface area (Å²) in [6, 6.07) is 3.97. The van der Waals surface area contributed by atoms with Gasteiger partial charge in [0.2, 0.25) is 11.8 Å². The van der Waals surface area contributed by atoms with E-state index in [0.717, 1.165) is 0 Å². The summed E-state index contributed by atoms with van der Waals surface area (Å²) in [5, 5.41) is 1.73. The van der Waals surface area contributed by atoms with Gasteiger partial charge in [0.1, 0.15) is 5.82 Å². The molecule has 6 heteroatoms. The number of amides is 2. The van der Waals surface area contributed by atoms with Gasteiger partial charge in [-0.05, 0) is 18.2 Å². The van der Waals surface area contributed by atoms with Crippen LogP contribution in [0.5, 0.6) is 0 Å². The van der Waals surface area contributed by atoms with Crippen molar-refractivity contribution in [3.05, 3.63) is 24.0 Å². The van der Waals surface area contributed by atoms with E-state index in [1.807, 2.05) is 0 Å². The molecule has 16 heavy (non-hydrogen) atoms. The van der Waals surface area contributed by atoms with Crippen molar-refractivity contribution >= 4 is 29.3 Å². The number of nitrogen functional groups attached to an aromatic ring is 1. The standard InChI is InChI=1S/C10H9FN2O2S/c11-5-1-2-7(6(12)3-5)16-8-4-9(14)13-10(8)15/h1-3,8H,4,12H2,(H,13,14,15). The summed E-state index contributed by atoms with van der Waals surface area (Å²) in [4.78, 5) is 22.9. The van der Waals surface area contributed by atoms with Crippen LogP contribution in [0.3, 0.4) is 0 Å². The summed E-state index contributed by atoms with van der Waals surface area (Å²) >= 11 is 1.17. The first kappa shape index (κ1) is 10.9. The number of halogens is 1. The number of carbonyl (C=O) groups is 2. The van der Waals surface area contributed by atoms with Crippen LogP contribution in [0.25, 0.3) is 0 Å². The fourth-order valence-corrected chi connectivity index (χ4v) is 2.45. The summed E-state index contributed by atoms with van der Waals surface area (Å²) in [5.41, 5.74) is 5.88. The summed E-state index contributed by atoms with van der Waals surface area (Å²) < 4.78 is 12.8. The maximum absolute atomic E-state index is 12.8. The van der Waals surface area contributed by atoms with Gasteiger partial charge in [-0.1, -0.05) is 0 Å². The van der Waals surface area contributed by atoms with Gasteiger partial charge >= 0.3 is 0 Å². The highest BCUT2D eigenvalue weighted by molar-refractivity contribution is 8.00. The Morgan fingerprint density at radius 1 is 1.44 bits per heavy atom. The number of nitrogens with two attached hydrogens (primary N) is 1. The zero-order valence-electron chi connectivity index (χ0n) is 8.20. The number of hydrogen-bond acceptors (Lipinski definition) is 4. The SMILES string of the molecule is Nc1cc(F)ccc1SC1CC(=O)NC1=O. The number of nitrogens with one attached hydrogen (secondary N) is 1. The molecule has 1 saturated heterocycles. The Bertz CT molecular complexity index is 464. The molecule has 4 nitrogen and oxygen atoms in total. The van der Waals surface area contributed by atoms with Crippen molar-refractivity contribution in [2.24, 2.45) is 0 Å². The number of thioether (sulfide) groups is 1. The molecule has 1 aromatic carbocycles. The number of anilines is 1. The molecule has 0 saturated carbocycles. The fraction of sp³-hybridized carbons (Fsp3) is 0.200. The zero-order chi connectivity index (χ0) is 11.7. The minimum atomic E-state index is -0.472. The van der Waals surface area contributed by atoms with Gasteiger partial charge in [-0.25, -0.2) is 4.39 Å². The molecule has 2 rings (SSSR count). The van der Waals surface area contributed by atoms with Gasteiger partial charge < -0.3 is 5.73 Å². The molecule has 0 aliphatic carbocycles. The van der Waals surface area contributed by atoms with E-state index < -0.39 is 11.1 Å². The average Bonchev–Trinajstić information content (AvgIpc) is 2.50. The quantitative estimate of drug-likeness (QED) is 0.595. The van der Waals surface area contributed by atoms with Gasteiger partial charge in [-0.15, -0.1) is 11.8 Å². The van der Waals surface area contributed by atoms with Gasteiger partial charge in [-0.2, -0.15) is 0 Å². The molecular formula is C10H9FN2O2S. The number of benzene rings is 1. The molecule has 1 aromatic rings. The maximum Gasteiger partial charge on any atom is 0.240 e. The normalized spacial score (nSPS) is 19.9. The number of hydrogen-bond donors (Lipinski definition) is 2. The molecule has 1 aliphatic heterocycles. The fourth-order valence-electron chi connectivity index (χ4n) is 1.41. The Balaban J connectivity index is 2.15. The van der Waals surface area contributed by atoms with Gasteiger partial charge in [0.25, 0.3) is 0 Å². The van der Waals surface area contributed by atoms with Gasteiger partial charge in [0, 0.05) is 17.0 Å². The highest BCUT2D eigenvalue weighted by Gasteiger charge is 2.31. The van der Waals surface area contributed by atoms with E-state index in [9.17, 15) is 14.0 Å². The van der Waals surface area contributed by atoms with Crippen molar-refractivity contribution in [3.8, 4) is 0 Å². The van der Waals surface area contributed by atoms with Crippen molar-refractivity contribution in [2.45, 2.75) is 16.6 Å². The molecule has 1 fully saturated rings. The van der Waals surface area contributed by atoms with E-state index >= 15 is 0 Å². The minimum absolute atomic E-state index is 0.139. The monoisotopic (exact) mass is 240 g/mol. The third kappa shape index (κ3) is 2.16. The molecule has 2 amide bonds. The van der Waals surface area contributed by atoms with E-state index in [2.05, 4.69) is 5.32 Å². The lowest BCUT2D eigenvalue weighted by Gasteiger charge is -2.08. The largest absolute Gasteiger partial charge is 0.398 e. The summed E-state index contributed by atoms with van der Waals surface area (Å²) in [6.45, 7) is 0. The number of rotatable bonds is 2. The maximum atomic E-state index is 12.8. The van der Waals surface area contributed by atoms with E-state index in [1.54, 1.807) is 0 Å². The second kappa shape index (κ2) is 4.13. The van der Waals surface area contributed by atoms with Crippen molar-refractivity contribution in [1.29, 1.82) is 0 Å². The van der Waals surface area contributed by atoms with Crippen LogP contribution >= 0.6 is 11.8 Å². The van der Waals surface area contributed by atoms with Crippen LogP contribution in [0.15, 0.2) is 23.1 Å². The van der Waals surface area contributed by atoms with Crippen molar-refractivity contribution in [3.63, 3.8) is 0 Å². The Morgan fingerprint density at radius 2 is 2.19 bits per heavy atom. The smallest absolute Gasteiger partial charge is 0.240 e. The predicted octanol–water partition coefficient (Wildman–Crippen LogP) is 0.915. The van der Waals surface area contributed by atoms with Crippen LogP contribution in [-0.2, 0) is 9.59 Å². The first-order chi connectivity index (χ1) is 7.56.